The Kier molecular flexibility index (Phi) is 4.14. The molecule has 1 N–H and O–H groups in total. The average Bonchev–Trinajstić information content (AvgIpc) is 2.28. The molecule has 0 radical (unpaired) electrons. The molecule has 1 saturated carbocycles. The van der Waals surface area contributed by atoms with Crippen molar-refractivity contribution in [2.45, 2.75) is 65.5 Å². The van der Waals surface area contributed by atoms with Gasteiger partial charge < -0.3 is 5.32 Å². The first-order chi connectivity index (χ1) is 7.97. The fourth-order valence-electron chi connectivity index (χ4n) is 3.60. The Morgan fingerprint density at radius 3 is 2.24 bits per heavy atom. The highest BCUT2D eigenvalue weighted by molar-refractivity contribution is 4.87. The van der Waals surface area contributed by atoms with E-state index in [-0.39, 0.29) is 0 Å². The second-order valence-corrected chi connectivity index (χ2v) is 7.22. The van der Waals surface area contributed by atoms with Crippen LogP contribution >= 0.6 is 0 Å². The van der Waals surface area contributed by atoms with Crippen LogP contribution in [-0.2, 0) is 0 Å². The Bertz CT molecular complexity index is 236. The van der Waals surface area contributed by atoms with Gasteiger partial charge in [-0.25, -0.2) is 0 Å². The van der Waals surface area contributed by atoms with Crippen LogP contribution in [0.15, 0.2) is 0 Å². The summed E-state index contributed by atoms with van der Waals surface area (Å²) in [6.07, 6.45) is 5.72. The van der Waals surface area contributed by atoms with E-state index in [4.69, 9.17) is 0 Å². The summed E-state index contributed by atoms with van der Waals surface area (Å²) in [6, 6.07) is 1.56. The number of piperazine rings is 1. The van der Waals surface area contributed by atoms with Crippen LogP contribution in [0.5, 0.6) is 0 Å². The number of hydrogen-bond acceptors (Lipinski definition) is 2. The van der Waals surface area contributed by atoms with Crippen molar-refractivity contribution in [3.63, 3.8) is 0 Å². The molecule has 0 aromatic rings. The van der Waals surface area contributed by atoms with Gasteiger partial charge in [0.2, 0.25) is 0 Å². The van der Waals surface area contributed by atoms with E-state index in [1.54, 1.807) is 0 Å². The van der Waals surface area contributed by atoms with E-state index in [0.717, 1.165) is 12.0 Å². The number of rotatable bonds is 1. The number of nitrogens with one attached hydrogen (secondary N) is 1. The Balaban J connectivity index is 1.82. The maximum absolute atomic E-state index is 3.54. The first-order valence-corrected chi connectivity index (χ1v) is 7.44. The molecule has 2 aliphatic rings. The normalized spacial score (nSPS) is 37.1. The van der Waals surface area contributed by atoms with Crippen molar-refractivity contribution in [2.75, 3.05) is 19.6 Å². The smallest absolute Gasteiger partial charge is 0.0167 e. The largest absolute Gasteiger partial charge is 0.312 e. The molecule has 1 unspecified atom stereocenters. The lowest BCUT2D eigenvalue weighted by molar-refractivity contribution is 0.0774. The van der Waals surface area contributed by atoms with Crippen LogP contribution in [0.3, 0.4) is 0 Å². The monoisotopic (exact) mass is 238 g/mol. The van der Waals surface area contributed by atoms with E-state index in [1.165, 1.54) is 45.3 Å². The molecule has 1 heterocycles. The van der Waals surface area contributed by atoms with Gasteiger partial charge in [0.15, 0.2) is 0 Å². The minimum Gasteiger partial charge on any atom is -0.312 e. The van der Waals surface area contributed by atoms with Gasteiger partial charge in [-0.2, -0.15) is 0 Å². The van der Waals surface area contributed by atoms with E-state index >= 15 is 0 Å². The lowest BCUT2D eigenvalue weighted by Crippen LogP contribution is -2.53. The molecule has 0 amide bonds. The van der Waals surface area contributed by atoms with E-state index in [1.807, 2.05) is 0 Å². The third-order valence-electron chi connectivity index (χ3n) is 4.84. The van der Waals surface area contributed by atoms with Crippen molar-refractivity contribution in [3.8, 4) is 0 Å². The Morgan fingerprint density at radius 1 is 1.06 bits per heavy atom. The zero-order valence-corrected chi connectivity index (χ0v) is 12.1. The zero-order chi connectivity index (χ0) is 12.5. The van der Waals surface area contributed by atoms with Crippen molar-refractivity contribution in [1.82, 2.24) is 10.2 Å². The Morgan fingerprint density at radius 2 is 1.71 bits per heavy atom. The van der Waals surface area contributed by atoms with Gasteiger partial charge in [-0.1, -0.05) is 20.8 Å². The molecule has 2 heteroatoms. The lowest BCUT2D eigenvalue weighted by Gasteiger charge is -2.43. The van der Waals surface area contributed by atoms with Crippen molar-refractivity contribution in [3.05, 3.63) is 0 Å². The fourth-order valence-corrected chi connectivity index (χ4v) is 3.60. The van der Waals surface area contributed by atoms with Gasteiger partial charge in [-0.15, -0.1) is 0 Å². The summed E-state index contributed by atoms with van der Waals surface area (Å²) in [5, 5.41) is 3.54. The highest BCUT2D eigenvalue weighted by Crippen LogP contribution is 2.39. The molecular weight excluding hydrogens is 208 g/mol. The van der Waals surface area contributed by atoms with Crippen LogP contribution in [-0.4, -0.2) is 36.6 Å². The summed E-state index contributed by atoms with van der Waals surface area (Å²) in [5.74, 6) is 0.944. The van der Waals surface area contributed by atoms with Crippen molar-refractivity contribution >= 4 is 0 Å². The molecule has 0 aromatic carbocycles. The molecule has 1 aliphatic carbocycles. The minimum atomic E-state index is 0.516. The second kappa shape index (κ2) is 5.27. The maximum atomic E-state index is 3.54. The van der Waals surface area contributed by atoms with Crippen molar-refractivity contribution < 1.29 is 0 Å². The molecule has 17 heavy (non-hydrogen) atoms. The summed E-state index contributed by atoms with van der Waals surface area (Å²) in [4.78, 5) is 2.74. The second-order valence-electron chi connectivity index (χ2n) is 7.22. The van der Waals surface area contributed by atoms with Gasteiger partial charge >= 0.3 is 0 Å². The van der Waals surface area contributed by atoms with Crippen LogP contribution in [0.25, 0.3) is 0 Å². The number of nitrogens with zero attached hydrogens (tertiary/aromatic N) is 1. The molecule has 0 bridgehead atoms. The predicted molar refractivity (Wildman–Crippen MR) is 74.2 cm³/mol. The molecule has 0 spiro atoms. The maximum Gasteiger partial charge on any atom is 0.0167 e. The van der Waals surface area contributed by atoms with Gasteiger partial charge in [0.05, 0.1) is 0 Å². The van der Waals surface area contributed by atoms with E-state index in [2.05, 4.69) is 37.9 Å². The molecule has 2 fully saturated rings. The lowest BCUT2D eigenvalue weighted by atomic mass is 9.71. The topological polar surface area (TPSA) is 15.3 Å². The summed E-state index contributed by atoms with van der Waals surface area (Å²) in [5.41, 5.74) is 0.516. The molecule has 1 saturated heterocycles. The van der Waals surface area contributed by atoms with Crippen LogP contribution in [0.4, 0.5) is 0 Å². The quantitative estimate of drug-likeness (QED) is 0.755. The molecular formula is C15H30N2. The van der Waals surface area contributed by atoms with Gasteiger partial charge in [0.1, 0.15) is 0 Å². The third kappa shape index (κ3) is 3.45. The van der Waals surface area contributed by atoms with E-state index in [9.17, 15) is 0 Å². The van der Waals surface area contributed by atoms with Crippen molar-refractivity contribution in [2.24, 2.45) is 11.3 Å². The van der Waals surface area contributed by atoms with Crippen LogP contribution in [0.2, 0.25) is 0 Å². The van der Waals surface area contributed by atoms with Crippen molar-refractivity contribution in [1.29, 1.82) is 0 Å². The van der Waals surface area contributed by atoms with Gasteiger partial charge in [-0.05, 0) is 43.9 Å². The highest BCUT2D eigenvalue weighted by Gasteiger charge is 2.32. The Hall–Kier alpha value is -0.0800. The molecule has 100 valence electrons. The van der Waals surface area contributed by atoms with Gasteiger partial charge in [-0.3, -0.25) is 4.90 Å². The first-order valence-electron chi connectivity index (χ1n) is 7.44. The minimum absolute atomic E-state index is 0.516. The summed E-state index contributed by atoms with van der Waals surface area (Å²) >= 11 is 0. The van der Waals surface area contributed by atoms with E-state index in [0.29, 0.717) is 11.5 Å². The molecule has 2 nitrogen and oxygen atoms in total. The summed E-state index contributed by atoms with van der Waals surface area (Å²) in [7, 11) is 0. The molecule has 1 atom stereocenters. The fraction of sp³-hybridized carbons (Fsp3) is 1.00. The summed E-state index contributed by atoms with van der Waals surface area (Å²) < 4.78 is 0. The SMILES string of the molecule is CC1CN(C2CCC(C(C)(C)C)CC2)CCN1. The van der Waals surface area contributed by atoms with Gasteiger partial charge in [0, 0.05) is 31.7 Å². The molecule has 0 aromatic heterocycles. The standard InChI is InChI=1S/C15H30N2/c1-12-11-17(10-9-16-12)14-7-5-13(6-8-14)15(2,3)4/h12-14,16H,5-11H2,1-4H3. The van der Waals surface area contributed by atoms with Crippen LogP contribution in [0.1, 0.15) is 53.4 Å². The number of hydrogen-bond donors (Lipinski definition) is 1. The highest BCUT2D eigenvalue weighted by atomic mass is 15.2. The molecule has 2 rings (SSSR count). The van der Waals surface area contributed by atoms with E-state index < -0.39 is 0 Å². The van der Waals surface area contributed by atoms with Crippen LogP contribution in [0, 0.1) is 11.3 Å². The predicted octanol–water partition coefficient (Wildman–Crippen LogP) is 2.89. The van der Waals surface area contributed by atoms with Crippen LogP contribution < -0.4 is 5.32 Å². The molecule has 1 aliphatic heterocycles. The average molecular weight is 238 g/mol. The third-order valence-corrected chi connectivity index (χ3v) is 4.84. The first kappa shape index (κ1) is 13.4. The zero-order valence-electron chi connectivity index (χ0n) is 12.1. The van der Waals surface area contributed by atoms with Gasteiger partial charge in [0.25, 0.3) is 0 Å². The Labute approximate surface area is 107 Å². The summed E-state index contributed by atoms with van der Waals surface area (Å²) in [6.45, 7) is 13.2.